The van der Waals surface area contributed by atoms with E-state index in [1.807, 2.05) is 12.1 Å². The highest BCUT2D eigenvalue weighted by Crippen LogP contribution is 2.47. The fourth-order valence-electron chi connectivity index (χ4n) is 9.38. The molecule has 0 bridgehead atoms. The van der Waals surface area contributed by atoms with Gasteiger partial charge < -0.3 is 15.2 Å². The maximum absolute atomic E-state index is 6.56. The summed E-state index contributed by atoms with van der Waals surface area (Å²) < 4.78 is 2.39. The lowest BCUT2D eigenvalue weighted by molar-refractivity contribution is 1.17. The average molecular weight is 782 g/mol. The predicted molar refractivity (Wildman–Crippen MR) is 258 cm³/mol. The van der Waals surface area contributed by atoms with Crippen molar-refractivity contribution >= 4 is 44.4 Å². The SMILES string of the molecule is C=C1/C=C\C=C/Cc2cc(-c3ccc4c(c3)c3cc(-c5ccc(C/C=C6/c7ccccc7-c7cccc(N)c76)cc5)ccc3n4-c3ccccc3)ccc2N1c1ccccc1. The van der Waals surface area contributed by atoms with Gasteiger partial charge in [-0.05, 0) is 141 Å². The van der Waals surface area contributed by atoms with Crippen molar-refractivity contribution < 1.29 is 0 Å². The number of hydrogen-bond acceptors (Lipinski definition) is 2. The van der Waals surface area contributed by atoms with Crippen LogP contribution in [0.25, 0.3) is 66.4 Å². The fourth-order valence-corrected chi connectivity index (χ4v) is 9.38. The Hall–Kier alpha value is -7.88. The summed E-state index contributed by atoms with van der Waals surface area (Å²) in [6.45, 7) is 4.45. The Morgan fingerprint density at radius 2 is 1.15 bits per heavy atom. The summed E-state index contributed by atoms with van der Waals surface area (Å²) in [7, 11) is 0. The maximum atomic E-state index is 6.56. The number of hydrogen-bond donors (Lipinski definition) is 1. The van der Waals surface area contributed by atoms with Gasteiger partial charge in [0.05, 0.1) is 11.0 Å². The van der Waals surface area contributed by atoms with Crippen LogP contribution in [0.2, 0.25) is 0 Å². The Morgan fingerprint density at radius 3 is 1.89 bits per heavy atom. The highest BCUT2D eigenvalue weighted by molar-refractivity contribution is 6.12. The van der Waals surface area contributed by atoms with Crippen molar-refractivity contribution in [3.8, 4) is 39.1 Å². The van der Waals surface area contributed by atoms with Crippen LogP contribution in [0, 0.1) is 0 Å². The van der Waals surface area contributed by atoms with Gasteiger partial charge in [0, 0.05) is 44.8 Å². The molecule has 3 heteroatoms. The molecule has 1 aromatic heterocycles. The van der Waals surface area contributed by atoms with Gasteiger partial charge in [0.25, 0.3) is 0 Å². The molecule has 9 aromatic rings. The molecule has 0 saturated heterocycles. The van der Waals surface area contributed by atoms with E-state index in [1.54, 1.807) is 0 Å². The van der Waals surface area contributed by atoms with E-state index < -0.39 is 0 Å². The van der Waals surface area contributed by atoms with E-state index in [0.29, 0.717) is 0 Å². The third kappa shape index (κ3) is 6.39. The number of nitrogens with zero attached hydrogens (tertiary/aromatic N) is 2. The van der Waals surface area contributed by atoms with Crippen LogP contribution in [0.3, 0.4) is 0 Å². The van der Waals surface area contributed by atoms with Crippen molar-refractivity contribution in [1.82, 2.24) is 4.57 Å². The number of anilines is 3. The Labute approximate surface area is 357 Å². The summed E-state index contributed by atoms with van der Waals surface area (Å²) >= 11 is 0. The molecule has 2 aliphatic rings. The van der Waals surface area contributed by atoms with Gasteiger partial charge >= 0.3 is 0 Å². The van der Waals surface area contributed by atoms with Gasteiger partial charge in [-0.15, -0.1) is 0 Å². The summed E-state index contributed by atoms with van der Waals surface area (Å²) in [5, 5.41) is 2.45. The fraction of sp³-hybridized carbons (Fsp3) is 0.0345. The van der Waals surface area contributed by atoms with E-state index in [9.17, 15) is 0 Å². The molecular weight excluding hydrogens is 739 g/mol. The van der Waals surface area contributed by atoms with Crippen molar-refractivity contribution in [2.45, 2.75) is 12.8 Å². The van der Waals surface area contributed by atoms with Crippen LogP contribution in [0.5, 0.6) is 0 Å². The molecule has 2 N–H and O–H groups in total. The molecule has 1 aliphatic carbocycles. The van der Waals surface area contributed by atoms with E-state index >= 15 is 0 Å². The van der Waals surface area contributed by atoms with Crippen molar-refractivity contribution in [2.75, 3.05) is 10.6 Å². The summed E-state index contributed by atoms with van der Waals surface area (Å²) in [6.07, 6.45) is 12.5. The number of nitrogen functional groups attached to an aromatic ring is 1. The molecule has 0 spiro atoms. The molecule has 8 aromatic carbocycles. The lowest BCUT2D eigenvalue weighted by Crippen LogP contribution is -2.15. The number of nitrogens with two attached hydrogens (primary N) is 1. The quantitative estimate of drug-likeness (QED) is 0.171. The topological polar surface area (TPSA) is 34.2 Å². The van der Waals surface area contributed by atoms with Crippen molar-refractivity contribution in [3.63, 3.8) is 0 Å². The van der Waals surface area contributed by atoms with Crippen LogP contribution in [0.15, 0.2) is 225 Å². The number of allylic oxidation sites excluding steroid dienone is 5. The van der Waals surface area contributed by atoms with Crippen LogP contribution >= 0.6 is 0 Å². The smallest absolute Gasteiger partial charge is 0.0541 e. The standard InChI is InChI=1S/C58H43N3/c1-39-14-5-2-6-15-45-36-42(29-33-55(45)60(39)46-16-7-3-8-17-46)44-31-35-57-53(38-44)52-37-43(30-34-56(52)61(57)47-18-9-4-10-19-47)41-27-24-40(25-28-41)26-32-51-49-21-12-11-20-48(49)50-22-13-23-54(59)58(50)51/h2-14,16-25,27-38H,1,15,26,59H2/b6-2-,14-5-,51-32-. The normalized spacial score (nSPS) is 14.9. The number of para-hydroxylation sites is 2. The Kier molecular flexibility index (Phi) is 8.94. The first-order valence-corrected chi connectivity index (χ1v) is 21.0. The number of fused-ring (bicyclic) bond motifs is 7. The molecule has 0 unspecified atom stereocenters. The van der Waals surface area contributed by atoms with Crippen LogP contribution < -0.4 is 10.6 Å². The number of benzene rings is 8. The molecule has 0 fully saturated rings. The Morgan fingerprint density at radius 1 is 0.541 bits per heavy atom. The summed E-state index contributed by atoms with van der Waals surface area (Å²) in [5.41, 5.74) is 27.4. The van der Waals surface area contributed by atoms with Crippen molar-refractivity contribution in [2.24, 2.45) is 0 Å². The zero-order chi connectivity index (χ0) is 40.9. The Bertz CT molecular complexity index is 3250. The van der Waals surface area contributed by atoms with E-state index in [2.05, 4.69) is 216 Å². The number of aromatic nitrogens is 1. The van der Waals surface area contributed by atoms with Gasteiger partial charge in [-0.3, -0.25) is 0 Å². The van der Waals surface area contributed by atoms with Gasteiger partial charge in [0.15, 0.2) is 0 Å². The minimum atomic E-state index is 0.815. The van der Waals surface area contributed by atoms with Crippen LogP contribution in [-0.4, -0.2) is 4.57 Å². The molecule has 0 atom stereocenters. The van der Waals surface area contributed by atoms with Crippen LogP contribution in [0.1, 0.15) is 22.3 Å². The highest BCUT2D eigenvalue weighted by Gasteiger charge is 2.25. The molecule has 290 valence electrons. The first kappa shape index (κ1) is 36.2. The first-order valence-electron chi connectivity index (χ1n) is 21.0. The van der Waals surface area contributed by atoms with Crippen molar-refractivity contribution in [3.05, 3.63) is 247 Å². The number of rotatable bonds is 6. The van der Waals surface area contributed by atoms with E-state index in [0.717, 1.165) is 46.9 Å². The molecular formula is C58H43N3. The third-order valence-electron chi connectivity index (χ3n) is 12.3. The van der Waals surface area contributed by atoms with Gasteiger partial charge in [0.1, 0.15) is 0 Å². The largest absolute Gasteiger partial charge is 0.398 e. The van der Waals surface area contributed by atoms with E-state index in [-0.39, 0.29) is 0 Å². The molecule has 61 heavy (non-hydrogen) atoms. The molecule has 3 nitrogen and oxygen atoms in total. The van der Waals surface area contributed by atoms with E-state index in [4.69, 9.17) is 5.73 Å². The van der Waals surface area contributed by atoms with Crippen LogP contribution in [-0.2, 0) is 12.8 Å². The second kappa shape index (κ2) is 15.1. The predicted octanol–water partition coefficient (Wildman–Crippen LogP) is 14.7. The van der Waals surface area contributed by atoms with Gasteiger partial charge in [-0.25, -0.2) is 0 Å². The minimum absolute atomic E-state index is 0.815. The highest BCUT2D eigenvalue weighted by atomic mass is 15.1. The lowest BCUT2D eigenvalue weighted by atomic mass is 9.96. The third-order valence-corrected chi connectivity index (χ3v) is 12.3. The Balaban J connectivity index is 0.970. The molecule has 0 saturated carbocycles. The minimum Gasteiger partial charge on any atom is -0.398 e. The molecule has 0 radical (unpaired) electrons. The molecule has 11 rings (SSSR count). The molecule has 2 heterocycles. The average Bonchev–Trinajstić information content (AvgIpc) is 3.84. The summed E-state index contributed by atoms with van der Waals surface area (Å²) in [4.78, 5) is 2.26. The molecule has 0 amide bonds. The zero-order valence-corrected chi connectivity index (χ0v) is 33.8. The van der Waals surface area contributed by atoms with Crippen LogP contribution in [0.4, 0.5) is 17.1 Å². The monoisotopic (exact) mass is 781 g/mol. The van der Waals surface area contributed by atoms with Gasteiger partial charge in [-0.1, -0.05) is 146 Å². The second-order valence-corrected chi connectivity index (χ2v) is 16.0. The molecule has 1 aliphatic heterocycles. The van der Waals surface area contributed by atoms with Gasteiger partial charge in [0.2, 0.25) is 0 Å². The summed E-state index contributed by atoms with van der Waals surface area (Å²) in [5.74, 6) is 0. The zero-order valence-electron chi connectivity index (χ0n) is 33.8. The van der Waals surface area contributed by atoms with Gasteiger partial charge in [-0.2, -0.15) is 0 Å². The van der Waals surface area contributed by atoms with Crippen molar-refractivity contribution in [1.29, 1.82) is 0 Å². The maximum Gasteiger partial charge on any atom is 0.0541 e. The lowest BCUT2D eigenvalue weighted by Gasteiger charge is -2.28. The first-order chi connectivity index (χ1) is 30.1. The second-order valence-electron chi connectivity index (χ2n) is 16.0. The van der Waals surface area contributed by atoms with E-state index in [1.165, 1.54) is 77.5 Å². The summed E-state index contributed by atoms with van der Waals surface area (Å²) in [6, 6.07) is 65.9.